The highest BCUT2D eigenvalue weighted by Gasteiger charge is 2.31. The number of likely N-dealkylation sites (tertiary alicyclic amines) is 1. The highest BCUT2D eigenvalue weighted by atomic mass is 32.1. The number of benzene rings is 1. The lowest BCUT2D eigenvalue weighted by Crippen LogP contribution is -2.42. The van der Waals surface area contributed by atoms with Crippen LogP contribution in [0.1, 0.15) is 35.0 Å². The van der Waals surface area contributed by atoms with Gasteiger partial charge in [-0.15, -0.1) is 11.3 Å². The van der Waals surface area contributed by atoms with Crippen molar-refractivity contribution in [2.45, 2.75) is 26.2 Å². The van der Waals surface area contributed by atoms with Gasteiger partial charge in [0.15, 0.2) is 0 Å². The zero-order valence-electron chi connectivity index (χ0n) is 15.5. The molecular weight excluding hydrogens is 360 g/mol. The zero-order chi connectivity index (χ0) is 18.8. The molecule has 6 heteroatoms. The number of carbonyl (C=O) groups is 2. The molecule has 1 amide bonds. The summed E-state index contributed by atoms with van der Waals surface area (Å²) in [5.74, 6) is -0.365. The van der Waals surface area contributed by atoms with Gasteiger partial charge in [0.2, 0.25) is 0 Å². The van der Waals surface area contributed by atoms with Crippen molar-refractivity contribution in [2.75, 3.05) is 31.1 Å². The van der Waals surface area contributed by atoms with E-state index in [1.165, 1.54) is 22.6 Å². The van der Waals surface area contributed by atoms with Crippen LogP contribution in [-0.4, -0.2) is 43.0 Å². The maximum atomic E-state index is 13.0. The van der Waals surface area contributed by atoms with Gasteiger partial charge in [-0.05, 0) is 49.9 Å². The minimum absolute atomic E-state index is 0.0210. The number of fused-ring (bicyclic) bond motifs is 1. The van der Waals surface area contributed by atoms with Crippen LogP contribution in [0.15, 0.2) is 36.4 Å². The van der Waals surface area contributed by atoms with Crippen LogP contribution in [0, 0.1) is 5.92 Å². The molecule has 1 fully saturated rings. The van der Waals surface area contributed by atoms with E-state index < -0.39 is 0 Å². The summed E-state index contributed by atoms with van der Waals surface area (Å²) in [4.78, 5) is 29.8. The second-order valence-electron chi connectivity index (χ2n) is 7.01. The summed E-state index contributed by atoms with van der Waals surface area (Å²) in [6.45, 7) is 4.30. The van der Waals surface area contributed by atoms with E-state index in [0.29, 0.717) is 19.7 Å². The van der Waals surface area contributed by atoms with Crippen LogP contribution in [0.25, 0.3) is 0 Å². The molecular formula is C21H24N2O3S. The van der Waals surface area contributed by atoms with Crippen LogP contribution < -0.4 is 4.90 Å². The fourth-order valence-corrected chi connectivity index (χ4v) is 4.94. The van der Waals surface area contributed by atoms with E-state index in [0.717, 1.165) is 35.7 Å². The van der Waals surface area contributed by atoms with Gasteiger partial charge in [0.1, 0.15) is 0 Å². The maximum absolute atomic E-state index is 13.0. The number of nitrogens with zero attached hydrogens (tertiary/aromatic N) is 2. The first-order valence-electron chi connectivity index (χ1n) is 9.58. The second kappa shape index (κ2) is 7.72. The number of amides is 1. The van der Waals surface area contributed by atoms with E-state index in [1.807, 2.05) is 19.1 Å². The third-order valence-electron chi connectivity index (χ3n) is 5.28. The van der Waals surface area contributed by atoms with Crippen LogP contribution in [-0.2, 0) is 16.0 Å². The summed E-state index contributed by atoms with van der Waals surface area (Å²) in [6, 6.07) is 12.4. The van der Waals surface area contributed by atoms with Crippen molar-refractivity contribution in [3.8, 4) is 0 Å². The molecule has 2 aliphatic heterocycles. The van der Waals surface area contributed by atoms with Gasteiger partial charge in [-0.3, -0.25) is 9.59 Å². The molecule has 0 spiro atoms. The molecule has 27 heavy (non-hydrogen) atoms. The third kappa shape index (κ3) is 3.58. The highest BCUT2D eigenvalue weighted by Crippen LogP contribution is 2.38. The summed E-state index contributed by atoms with van der Waals surface area (Å²) < 4.78 is 5.14. The van der Waals surface area contributed by atoms with E-state index in [9.17, 15) is 9.59 Å². The molecule has 5 nitrogen and oxygen atoms in total. The highest BCUT2D eigenvalue weighted by molar-refractivity contribution is 7.18. The summed E-state index contributed by atoms with van der Waals surface area (Å²) in [5.41, 5.74) is 2.59. The summed E-state index contributed by atoms with van der Waals surface area (Å²) >= 11 is 1.53. The van der Waals surface area contributed by atoms with Crippen molar-refractivity contribution in [1.82, 2.24) is 4.90 Å². The molecule has 0 aliphatic carbocycles. The number of rotatable bonds is 4. The molecule has 1 aromatic carbocycles. The number of esters is 1. The smallest absolute Gasteiger partial charge is 0.310 e. The summed E-state index contributed by atoms with van der Waals surface area (Å²) in [7, 11) is 0. The van der Waals surface area contributed by atoms with Crippen molar-refractivity contribution < 1.29 is 14.3 Å². The molecule has 2 aromatic rings. The predicted molar refractivity (Wildman–Crippen MR) is 107 cm³/mol. The van der Waals surface area contributed by atoms with Crippen LogP contribution in [0.2, 0.25) is 0 Å². The molecule has 0 radical (unpaired) electrons. The van der Waals surface area contributed by atoms with Gasteiger partial charge in [0.25, 0.3) is 5.91 Å². The van der Waals surface area contributed by atoms with Gasteiger partial charge in [0.05, 0.1) is 22.4 Å². The maximum Gasteiger partial charge on any atom is 0.310 e. The Balaban J connectivity index is 1.47. The van der Waals surface area contributed by atoms with Gasteiger partial charge in [0, 0.05) is 25.3 Å². The lowest BCUT2D eigenvalue weighted by molar-refractivity contribution is -0.149. The number of thiophene rings is 1. The first-order valence-corrected chi connectivity index (χ1v) is 10.4. The number of ether oxygens (including phenoxy) is 1. The monoisotopic (exact) mass is 384 g/mol. The SMILES string of the molecule is CCOC(=O)[C@@H]1CCCN(C(=O)c2ccc(N3CCc4ccccc43)s2)C1. The predicted octanol–water partition coefficient (Wildman–Crippen LogP) is 3.86. The van der Waals surface area contributed by atoms with Gasteiger partial charge in [-0.2, -0.15) is 0 Å². The average Bonchev–Trinajstić information content (AvgIpc) is 3.34. The lowest BCUT2D eigenvalue weighted by atomic mass is 9.98. The quantitative estimate of drug-likeness (QED) is 0.751. The molecule has 2 aliphatic rings. The minimum atomic E-state index is -0.201. The number of hydrogen-bond acceptors (Lipinski definition) is 5. The van der Waals surface area contributed by atoms with Crippen LogP contribution in [0.4, 0.5) is 10.7 Å². The van der Waals surface area contributed by atoms with E-state index in [1.54, 1.807) is 4.90 Å². The Hall–Kier alpha value is -2.34. The largest absolute Gasteiger partial charge is 0.466 e. The van der Waals surface area contributed by atoms with Crippen molar-refractivity contribution >= 4 is 33.9 Å². The Labute approximate surface area is 163 Å². The zero-order valence-corrected chi connectivity index (χ0v) is 16.3. The fourth-order valence-electron chi connectivity index (χ4n) is 3.92. The van der Waals surface area contributed by atoms with Gasteiger partial charge in [-0.25, -0.2) is 0 Å². The Kier molecular flexibility index (Phi) is 5.16. The average molecular weight is 385 g/mol. The lowest BCUT2D eigenvalue weighted by Gasteiger charge is -2.31. The Morgan fingerprint density at radius 2 is 2.04 bits per heavy atom. The molecule has 1 saturated heterocycles. The molecule has 0 saturated carbocycles. The molecule has 1 aromatic heterocycles. The molecule has 142 valence electrons. The summed E-state index contributed by atoms with van der Waals surface area (Å²) in [6.07, 6.45) is 2.67. The van der Waals surface area contributed by atoms with E-state index >= 15 is 0 Å². The minimum Gasteiger partial charge on any atom is -0.466 e. The fraction of sp³-hybridized carbons (Fsp3) is 0.429. The third-order valence-corrected chi connectivity index (χ3v) is 6.38. The van der Waals surface area contributed by atoms with E-state index in [4.69, 9.17) is 4.74 Å². The molecule has 3 heterocycles. The topological polar surface area (TPSA) is 49.9 Å². The van der Waals surface area contributed by atoms with Crippen molar-refractivity contribution in [3.05, 3.63) is 46.8 Å². The number of hydrogen-bond donors (Lipinski definition) is 0. The number of piperidine rings is 1. The van der Waals surface area contributed by atoms with E-state index in [-0.39, 0.29) is 17.8 Å². The molecule has 1 atom stereocenters. The first kappa shape index (κ1) is 18.0. The standard InChI is InChI=1S/C21H24N2O3S/c1-2-26-21(25)16-7-5-12-22(14-16)20(24)18-9-10-19(27-18)23-13-11-15-6-3-4-8-17(15)23/h3-4,6,8-10,16H,2,5,7,11-14H2,1H3/t16-/m1/s1. The second-order valence-corrected chi connectivity index (χ2v) is 8.07. The Morgan fingerprint density at radius 1 is 1.19 bits per heavy atom. The molecule has 0 bridgehead atoms. The van der Waals surface area contributed by atoms with Gasteiger partial charge in [-0.1, -0.05) is 18.2 Å². The first-order chi connectivity index (χ1) is 13.2. The molecule has 4 rings (SSSR count). The van der Waals surface area contributed by atoms with Crippen LogP contribution in [0.5, 0.6) is 0 Å². The van der Waals surface area contributed by atoms with Crippen LogP contribution in [0.3, 0.4) is 0 Å². The number of anilines is 2. The Morgan fingerprint density at radius 3 is 2.89 bits per heavy atom. The number of para-hydroxylation sites is 1. The van der Waals surface area contributed by atoms with Crippen LogP contribution >= 0.6 is 11.3 Å². The van der Waals surface area contributed by atoms with E-state index in [2.05, 4.69) is 29.2 Å². The van der Waals surface area contributed by atoms with Crippen molar-refractivity contribution in [3.63, 3.8) is 0 Å². The van der Waals surface area contributed by atoms with Gasteiger partial charge >= 0.3 is 5.97 Å². The summed E-state index contributed by atoms with van der Waals surface area (Å²) in [5, 5.41) is 1.10. The number of carbonyl (C=O) groups excluding carboxylic acids is 2. The Bertz CT molecular complexity index is 847. The van der Waals surface area contributed by atoms with Crippen molar-refractivity contribution in [1.29, 1.82) is 0 Å². The van der Waals surface area contributed by atoms with Gasteiger partial charge < -0.3 is 14.5 Å². The normalized spacial score (nSPS) is 19.1. The van der Waals surface area contributed by atoms with Crippen molar-refractivity contribution in [2.24, 2.45) is 5.92 Å². The molecule has 0 unspecified atom stereocenters. The molecule has 0 N–H and O–H groups in total.